The molecular formula is C20H21F2N5O5. The van der Waals surface area contributed by atoms with Gasteiger partial charge in [0.15, 0.2) is 11.6 Å². The summed E-state index contributed by atoms with van der Waals surface area (Å²) in [5.41, 5.74) is -0.628. The Morgan fingerprint density at radius 2 is 1.69 bits per heavy atom. The van der Waals surface area contributed by atoms with Gasteiger partial charge in [-0.1, -0.05) is 25.3 Å². The van der Waals surface area contributed by atoms with Crippen LogP contribution in [0.4, 0.5) is 18.4 Å². The van der Waals surface area contributed by atoms with Crippen molar-refractivity contribution in [3.63, 3.8) is 0 Å². The predicted molar refractivity (Wildman–Crippen MR) is 103 cm³/mol. The van der Waals surface area contributed by atoms with E-state index in [-0.39, 0.29) is 5.56 Å². The van der Waals surface area contributed by atoms with Gasteiger partial charge in [0.25, 0.3) is 17.7 Å². The topological polar surface area (TPSA) is 128 Å². The molecule has 1 atom stereocenters. The van der Waals surface area contributed by atoms with Gasteiger partial charge in [0.05, 0.1) is 0 Å². The van der Waals surface area contributed by atoms with E-state index in [0.29, 0.717) is 22.8 Å². The van der Waals surface area contributed by atoms with E-state index in [2.05, 4.69) is 16.1 Å². The lowest BCUT2D eigenvalue weighted by Crippen LogP contribution is -2.53. The van der Waals surface area contributed by atoms with E-state index in [9.17, 15) is 32.8 Å². The van der Waals surface area contributed by atoms with E-state index in [1.54, 1.807) is 0 Å². The highest BCUT2D eigenvalue weighted by molar-refractivity contribution is 6.10. The average molecular weight is 449 g/mol. The SMILES string of the molecule is CC1(c2ccc(F)c(F)c2)NC(=O)N(CC(=O)NN2C(=O)NC3(CCCCC3)C2=O)C1=O. The third-order valence-electron chi connectivity index (χ3n) is 6.18. The molecule has 1 spiro atoms. The quantitative estimate of drug-likeness (QED) is 0.592. The zero-order valence-electron chi connectivity index (χ0n) is 17.2. The lowest BCUT2D eigenvalue weighted by molar-refractivity contribution is -0.141. The van der Waals surface area contributed by atoms with Crippen LogP contribution in [0, 0.1) is 11.6 Å². The van der Waals surface area contributed by atoms with E-state index in [4.69, 9.17) is 0 Å². The number of halogens is 2. The number of benzene rings is 1. The number of urea groups is 2. The molecule has 1 aliphatic carbocycles. The first-order valence-electron chi connectivity index (χ1n) is 10.1. The van der Waals surface area contributed by atoms with Gasteiger partial charge in [0.2, 0.25) is 0 Å². The molecule has 12 heteroatoms. The molecule has 1 unspecified atom stereocenters. The van der Waals surface area contributed by atoms with Crippen molar-refractivity contribution in [3.05, 3.63) is 35.4 Å². The smallest absolute Gasteiger partial charge is 0.322 e. The molecule has 32 heavy (non-hydrogen) atoms. The number of hydrogen-bond acceptors (Lipinski definition) is 5. The molecule has 2 heterocycles. The first-order valence-corrected chi connectivity index (χ1v) is 10.1. The summed E-state index contributed by atoms with van der Waals surface area (Å²) in [7, 11) is 0. The molecule has 3 fully saturated rings. The Labute approximate surface area is 181 Å². The van der Waals surface area contributed by atoms with Crippen LogP contribution in [0.25, 0.3) is 0 Å². The van der Waals surface area contributed by atoms with Gasteiger partial charge in [-0.3, -0.25) is 24.7 Å². The monoisotopic (exact) mass is 449 g/mol. The Bertz CT molecular complexity index is 1040. The molecule has 4 rings (SSSR count). The second-order valence-corrected chi connectivity index (χ2v) is 8.32. The number of nitrogens with zero attached hydrogens (tertiary/aromatic N) is 2. The molecule has 7 amide bonds. The Kier molecular flexibility index (Phi) is 5.10. The molecule has 2 aliphatic heterocycles. The van der Waals surface area contributed by atoms with Crippen molar-refractivity contribution < 1.29 is 32.8 Å². The van der Waals surface area contributed by atoms with Crippen molar-refractivity contribution in [2.75, 3.05) is 6.54 Å². The van der Waals surface area contributed by atoms with E-state index in [1.807, 2.05) is 0 Å². The Hall–Kier alpha value is -3.57. The van der Waals surface area contributed by atoms with Crippen LogP contribution in [0.2, 0.25) is 0 Å². The number of carbonyl (C=O) groups is 5. The van der Waals surface area contributed by atoms with Crippen LogP contribution >= 0.6 is 0 Å². The fourth-order valence-electron chi connectivity index (χ4n) is 4.36. The molecule has 3 N–H and O–H groups in total. The van der Waals surface area contributed by atoms with E-state index < -0.39 is 59.0 Å². The van der Waals surface area contributed by atoms with Gasteiger partial charge in [0, 0.05) is 0 Å². The first kappa shape index (κ1) is 21.7. The molecule has 10 nitrogen and oxygen atoms in total. The lowest BCUT2D eigenvalue weighted by Gasteiger charge is -2.30. The van der Waals surface area contributed by atoms with E-state index in [1.165, 1.54) is 6.92 Å². The van der Waals surface area contributed by atoms with Gasteiger partial charge < -0.3 is 10.6 Å². The maximum absolute atomic E-state index is 13.6. The minimum absolute atomic E-state index is 0.00834. The van der Waals surface area contributed by atoms with Crippen LogP contribution in [0.15, 0.2) is 18.2 Å². The van der Waals surface area contributed by atoms with Crippen LogP contribution < -0.4 is 16.1 Å². The zero-order valence-corrected chi connectivity index (χ0v) is 17.2. The second-order valence-electron chi connectivity index (χ2n) is 8.32. The van der Waals surface area contributed by atoms with E-state index >= 15 is 0 Å². The fourth-order valence-corrected chi connectivity index (χ4v) is 4.36. The molecule has 170 valence electrons. The standard InChI is InChI=1S/C20H21F2N5O5/c1-19(11-5-6-12(21)13(22)9-11)15(29)26(17(31)23-19)10-14(28)25-27-16(30)20(24-18(27)32)7-3-2-4-8-20/h5-6,9H,2-4,7-8,10H2,1H3,(H,23,31)(H,24,32)(H,25,28). The molecule has 0 aromatic heterocycles. The summed E-state index contributed by atoms with van der Waals surface area (Å²) < 4.78 is 26.9. The van der Waals surface area contributed by atoms with Crippen LogP contribution in [0.3, 0.4) is 0 Å². The second kappa shape index (κ2) is 7.53. The highest BCUT2D eigenvalue weighted by Crippen LogP contribution is 2.33. The average Bonchev–Trinajstić information content (AvgIpc) is 3.10. The normalized spacial score (nSPS) is 24.7. The predicted octanol–water partition coefficient (Wildman–Crippen LogP) is 1.02. The Balaban J connectivity index is 1.46. The minimum Gasteiger partial charge on any atom is -0.322 e. The number of amides is 7. The van der Waals surface area contributed by atoms with Crippen LogP contribution in [0.5, 0.6) is 0 Å². The third kappa shape index (κ3) is 3.35. The molecule has 2 saturated heterocycles. The molecule has 3 aliphatic rings. The number of rotatable bonds is 4. The molecule has 0 bridgehead atoms. The number of hydrogen-bond donors (Lipinski definition) is 3. The van der Waals surface area contributed by atoms with Crippen LogP contribution in [-0.2, 0) is 19.9 Å². The van der Waals surface area contributed by atoms with Gasteiger partial charge in [-0.25, -0.2) is 18.4 Å². The maximum Gasteiger partial charge on any atom is 0.344 e. The lowest BCUT2D eigenvalue weighted by atomic mass is 9.82. The van der Waals surface area contributed by atoms with Gasteiger partial charge in [-0.05, 0) is 37.5 Å². The summed E-state index contributed by atoms with van der Waals surface area (Å²) >= 11 is 0. The Morgan fingerprint density at radius 1 is 1.00 bits per heavy atom. The van der Waals surface area contributed by atoms with Gasteiger partial charge >= 0.3 is 12.1 Å². The van der Waals surface area contributed by atoms with Crippen LogP contribution in [0.1, 0.15) is 44.6 Å². The van der Waals surface area contributed by atoms with Crippen molar-refractivity contribution in [1.29, 1.82) is 0 Å². The maximum atomic E-state index is 13.6. The Morgan fingerprint density at radius 3 is 2.34 bits per heavy atom. The summed E-state index contributed by atoms with van der Waals surface area (Å²) in [5, 5.41) is 5.56. The summed E-state index contributed by atoms with van der Waals surface area (Å²) in [5.74, 6) is -4.71. The summed E-state index contributed by atoms with van der Waals surface area (Å²) in [6, 6.07) is 1.04. The highest BCUT2D eigenvalue weighted by Gasteiger charge is 2.53. The van der Waals surface area contributed by atoms with Crippen molar-refractivity contribution in [1.82, 2.24) is 26.0 Å². The van der Waals surface area contributed by atoms with Crippen molar-refractivity contribution >= 4 is 29.8 Å². The fraction of sp³-hybridized carbons (Fsp3) is 0.450. The van der Waals surface area contributed by atoms with E-state index in [0.717, 1.165) is 37.5 Å². The number of carbonyl (C=O) groups excluding carboxylic acids is 5. The van der Waals surface area contributed by atoms with Gasteiger partial charge in [0.1, 0.15) is 17.6 Å². The molecule has 1 saturated carbocycles. The summed E-state index contributed by atoms with van der Waals surface area (Å²) in [6.45, 7) is 0.510. The molecule has 1 aromatic rings. The van der Waals surface area contributed by atoms with Crippen molar-refractivity contribution in [2.45, 2.75) is 50.1 Å². The minimum atomic E-state index is -1.72. The van der Waals surface area contributed by atoms with Crippen LogP contribution in [-0.4, -0.2) is 51.8 Å². The molecule has 0 radical (unpaired) electrons. The number of nitrogens with one attached hydrogen (secondary N) is 3. The first-order chi connectivity index (χ1) is 15.1. The summed E-state index contributed by atoms with van der Waals surface area (Å²) in [4.78, 5) is 63.3. The van der Waals surface area contributed by atoms with Crippen molar-refractivity contribution in [2.24, 2.45) is 0 Å². The largest absolute Gasteiger partial charge is 0.344 e. The summed E-state index contributed by atoms with van der Waals surface area (Å²) in [6.07, 6.45) is 3.39. The van der Waals surface area contributed by atoms with Gasteiger partial charge in [-0.2, -0.15) is 5.01 Å². The number of hydrazine groups is 1. The molecule has 1 aromatic carbocycles. The molecular weight excluding hydrogens is 428 g/mol. The zero-order chi connectivity index (χ0) is 23.3. The number of imide groups is 2. The third-order valence-corrected chi connectivity index (χ3v) is 6.18. The highest BCUT2D eigenvalue weighted by atomic mass is 19.2. The van der Waals surface area contributed by atoms with Gasteiger partial charge in [-0.15, -0.1) is 0 Å². The van der Waals surface area contributed by atoms with Crippen molar-refractivity contribution in [3.8, 4) is 0 Å².